The predicted octanol–water partition coefficient (Wildman–Crippen LogP) is 4.00. The molecule has 0 amide bonds. The highest BCUT2D eigenvalue weighted by Gasteiger charge is 2.28. The number of hydrogen-bond acceptors (Lipinski definition) is 3. The predicted molar refractivity (Wildman–Crippen MR) is 76.8 cm³/mol. The van der Waals surface area contributed by atoms with Gasteiger partial charge >= 0.3 is 0 Å². The van der Waals surface area contributed by atoms with Gasteiger partial charge in [0.05, 0.1) is 11.6 Å². The Morgan fingerprint density at radius 1 is 1.15 bits per heavy atom. The summed E-state index contributed by atoms with van der Waals surface area (Å²) in [6.07, 6.45) is 0. The molecule has 0 bridgehead atoms. The molecule has 0 N–H and O–H groups in total. The quantitative estimate of drug-likeness (QED) is 0.790. The minimum Gasteiger partial charge on any atom is -0.466 e. The molecule has 1 unspecified atom stereocenters. The van der Waals surface area contributed by atoms with Gasteiger partial charge in [-0.2, -0.15) is 5.26 Å². The molecule has 3 nitrogen and oxygen atoms in total. The summed E-state index contributed by atoms with van der Waals surface area (Å²) in [5.74, 6) is 0.338. The van der Waals surface area contributed by atoms with Crippen molar-refractivity contribution in [3.63, 3.8) is 0 Å². The van der Waals surface area contributed by atoms with Crippen molar-refractivity contribution in [3.05, 3.63) is 58.0 Å². The smallest absolute Gasteiger partial charge is 0.188 e. The van der Waals surface area contributed by atoms with Gasteiger partial charge in [-0.05, 0) is 38.8 Å². The van der Waals surface area contributed by atoms with E-state index < -0.39 is 5.92 Å². The molecular weight excluding hydrogens is 250 g/mol. The summed E-state index contributed by atoms with van der Waals surface area (Å²) in [5, 5.41) is 9.42. The highest BCUT2D eigenvalue weighted by molar-refractivity contribution is 6.04. The molecule has 0 saturated carbocycles. The number of aryl methyl sites for hydroxylation is 3. The second-order valence-corrected chi connectivity index (χ2v) is 5.00. The van der Waals surface area contributed by atoms with Crippen molar-refractivity contribution >= 4 is 5.78 Å². The minimum absolute atomic E-state index is 0.186. The summed E-state index contributed by atoms with van der Waals surface area (Å²) in [5.41, 5.74) is 3.07. The van der Waals surface area contributed by atoms with E-state index in [-0.39, 0.29) is 5.78 Å². The summed E-state index contributed by atoms with van der Waals surface area (Å²) in [6.45, 7) is 7.35. The van der Waals surface area contributed by atoms with Crippen LogP contribution in [0.4, 0.5) is 0 Å². The topological polar surface area (TPSA) is 54.0 Å². The van der Waals surface area contributed by atoms with Crippen molar-refractivity contribution < 1.29 is 9.21 Å². The summed E-state index contributed by atoms with van der Waals surface area (Å²) in [4.78, 5) is 12.7. The molecule has 2 aromatic rings. The second-order valence-electron chi connectivity index (χ2n) is 5.00. The van der Waals surface area contributed by atoms with E-state index in [4.69, 9.17) is 4.42 Å². The Kier molecular flexibility index (Phi) is 3.76. The third-order valence-electron chi connectivity index (χ3n) is 3.70. The van der Waals surface area contributed by atoms with Crippen LogP contribution in [-0.2, 0) is 0 Å². The second kappa shape index (κ2) is 5.34. The zero-order valence-electron chi connectivity index (χ0n) is 12.2. The molecule has 0 spiro atoms. The molecule has 1 atom stereocenters. The van der Waals surface area contributed by atoms with E-state index in [9.17, 15) is 10.1 Å². The number of benzene rings is 1. The SMILES string of the molecule is Cc1ccccc1C(C#N)C(=O)c1c(C)oc(C)c1C. The van der Waals surface area contributed by atoms with Gasteiger partial charge in [-0.15, -0.1) is 0 Å². The van der Waals surface area contributed by atoms with E-state index in [1.54, 1.807) is 6.92 Å². The number of hydrogen-bond donors (Lipinski definition) is 0. The van der Waals surface area contributed by atoms with Crippen LogP contribution in [0, 0.1) is 39.0 Å². The Morgan fingerprint density at radius 2 is 1.80 bits per heavy atom. The molecule has 0 aliphatic heterocycles. The van der Waals surface area contributed by atoms with E-state index in [2.05, 4.69) is 6.07 Å². The number of rotatable bonds is 3. The maximum absolute atomic E-state index is 12.7. The Balaban J connectivity index is 2.51. The lowest BCUT2D eigenvalue weighted by atomic mass is 9.88. The first kappa shape index (κ1) is 14.1. The average Bonchev–Trinajstić information content (AvgIpc) is 2.66. The molecule has 20 heavy (non-hydrogen) atoms. The number of nitriles is 1. The van der Waals surface area contributed by atoms with Gasteiger partial charge in [0.15, 0.2) is 5.78 Å². The van der Waals surface area contributed by atoms with Gasteiger partial charge in [-0.3, -0.25) is 4.79 Å². The fraction of sp³-hybridized carbons (Fsp3) is 0.294. The fourth-order valence-electron chi connectivity index (χ4n) is 2.48. The molecule has 1 aromatic heterocycles. The molecule has 2 rings (SSSR count). The minimum atomic E-state index is -0.786. The van der Waals surface area contributed by atoms with Crippen molar-refractivity contribution in [3.8, 4) is 6.07 Å². The number of furan rings is 1. The molecule has 1 aromatic carbocycles. The van der Waals surface area contributed by atoms with Gasteiger partial charge < -0.3 is 4.42 Å². The third-order valence-corrected chi connectivity index (χ3v) is 3.70. The first-order chi connectivity index (χ1) is 9.47. The van der Waals surface area contributed by atoms with Crippen LogP contribution in [-0.4, -0.2) is 5.78 Å². The highest BCUT2D eigenvalue weighted by atomic mass is 16.3. The Morgan fingerprint density at radius 3 is 2.30 bits per heavy atom. The number of Topliss-reactive ketones (excluding diaryl/α,β-unsaturated/α-hetero) is 1. The summed E-state index contributed by atoms with van der Waals surface area (Å²) < 4.78 is 5.50. The van der Waals surface area contributed by atoms with Gasteiger partial charge in [-0.1, -0.05) is 24.3 Å². The van der Waals surface area contributed by atoms with E-state index in [1.165, 1.54) is 0 Å². The molecule has 102 valence electrons. The normalized spacial score (nSPS) is 11.9. The van der Waals surface area contributed by atoms with Gasteiger partial charge in [0.1, 0.15) is 17.4 Å². The number of carbonyl (C=O) groups excluding carboxylic acids is 1. The van der Waals surface area contributed by atoms with Crippen molar-refractivity contribution in [2.24, 2.45) is 0 Å². The van der Waals surface area contributed by atoms with Gasteiger partial charge in [-0.25, -0.2) is 0 Å². The van der Waals surface area contributed by atoms with Crippen molar-refractivity contribution in [2.75, 3.05) is 0 Å². The summed E-state index contributed by atoms with van der Waals surface area (Å²) in [6, 6.07) is 9.62. The molecule has 0 radical (unpaired) electrons. The van der Waals surface area contributed by atoms with Crippen LogP contribution in [0.2, 0.25) is 0 Å². The van der Waals surface area contributed by atoms with Crippen LogP contribution >= 0.6 is 0 Å². The van der Waals surface area contributed by atoms with Crippen molar-refractivity contribution in [2.45, 2.75) is 33.6 Å². The Labute approximate surface area is 118 Å². The van der Waals surface area contributed by atoms with E-state index in [0.29, 0.717) is 11.3 Å². The molecule has 1 heterocycles. The Hall–Kier alpha value is -2.34. The largest absolute Gasteiger partial charge is 0.466 e. The lowest BCUT2D eigenvalue weighted by Gasteiger charge is -2.11. The molecular formula is C17H17NO2. The monoisotopic (exact) mass is 267 g/mol. The van der Waals surface area contributed by atoms with Gasteiger partial charge in [0, 0.05) is 5.56 Å². The highest BCUT2D eigenvalue weighted by Crippen LogP contribution is 2.29. The van der Waals surface area contributed by atoms with E-state index in [0.717, 1.165) is 22.5 Å². The molecule has 0 aliphatic carbocycles. The lowest BCUT2D eigenvalue weighted by Crippen LogP contribution is -2.14. The zero-order chi connectivity index (χ0) is 14.9. The van der Waals surface area contributed by atoms with Crippen LogP contribution in [0.5, 0.6) is 0 Å². The van der Waals surface area contributed by atoms with E-state index in [1.807, 2.05) is 45.0 Å². The molecule has 0 fully saturated rings. The number of nitrogens with zero attached hydrogens (tertiary/aromatic N) is 1. The van der Waals surface area contributed by atoms with Crippen LogP contribution in [0.25, 0.3) is 0 Å². The van der Waals surface area contributed by atoms with Crippen LogP contribution in [0.1, 0.15) is 44.5 Å². The summed E-state index contributed by atoms with van der Waals surface area (Å²) >= 11 is 0. The van der Waals surface area contributed by atoms with Crippen LogP contribution in [0.15, 0.2) is 28.7 Å². The Bertz CT molecular complexity index is 704. The lowest BCUT2D eigenvalue weighted by molar-refractivity contribution is 0.0976. The van der Waals surface area contributed by atoms with Crippen molar-refractivity contribution in [1.82, 2.24) is 0 Å². The summed E-state index contributed by atoms with van der Waals surface area (Å²) in [7, 11) is 0. The van der Waals surface area contributed by atoms with E-state index >= 15 is 0 Å². The fourth-order valence-corrected chi connectivity index (χ4v) is 2.48. The molecule has 0 saturated heterocycles. The number of carbonyl (C=O) groups is 1. The third kappa shape index (κ3) is 2.25. The van der Waals surface area contributed by atoms with Crippen LogP contribution < -0.4 is 0 Å². The van der Waals surface area contributed by atoms with Crippen molar-refractivity contribution in [1.29, 1.82) is 5.26 Å². The average molecular weight is 267 g/mol. The maximum atomic E-state index is 12.7. The molecule has 0 aliphatic rings. The maximum Gasteiger partial charge on any atom is 0.188 e. The molecule has 3 heteroatoms. The van der Waals surface area contributed by atoms with Gasteiger partial charge in [0.25, 0.3) is 0 Å². The first-order valence-corrected chi connectivity index (χ1v) is 6.53. The first-order valence-electron chi connectivity index (χ1n) is 6.53. The number of ketones is 1. The zero-order valence-corrected chi connectivity index (χ0v) is 12.2. The van der Waals surface area contributed by atoms with Crippen LogP contribution in [0.3, 0.4) is 0 Å². The standard InChI is InChI=1S/C17H17NO2/c1-10-7-5-6-8-14(10)15(9-18)17(19)16-11(2)12(3)20-13(16)4/h5-8,15H,1-4H3. The van der Waals surface area contributed by atoms with Gasteiger partial charge in [0.2, 0.25) is 0 Å².